The third-order valence-electron chi connectivity index (χ3n) is 3.01. The molecular formula is C14H13FN6. The lowest BCUT2D eigenvalue weighted by atomic mass is 10.1. The van der Waals surface area contributed by atoms with Crippen molar-refractivity contribution in [3.63, 3.8) is 0 Å². The largest absolute Gasteiger partial charge is 0.357 e. The topological polar surface area (TPSA) is 68.5 Å². The Labute approximate surface area is 120 Å². The molecule has 0 unspecified atom stereocenters. The number of rotatable bonds is 3. The molecule has 2 aromatic heterocycles. The normalized spacial score (nSPS) is 10.6. The fourth-order valence-corrected chi connectivity index (χ4v) is 1.83. The van der Waals surface area contributed by atoms with Crippen LogP contribution in [0.5, 0.6) is 0 Å². The summed E-state index contributed by atoms with van der Waals surface area (Å²) < 4.78 is 15.4. The molecule has 7 heteroatoms. The van der Waals surface area contributed by atoms with Gasteiger partial charge in [0.25, 0.3) is 0 Å². The van der Waals surface area contributed by atoms with E-state index in [1.807, 2.05) is 0 Å². The molecule has 0 saturated heterocycles. The van der Waals surface area contributed by atoms with Crippen LogP contribution in [0.2, 0.25) is 0 Å². The number of halogens is 1. The second-order valence-corrected chi connectivity index (χ2v) is 4.47. The van der Waals surface area contributed by atoms with Crippen molar-refractivity contribution < 1.29 is 4.39 Å². The smallest absolute Gasteiger partial charge is 0.240 e. The molecule has 0 spiro atoms. The molecule has 0 radical (unpaired) electrons. The zero-order valence-electron chi connectivity index (χ0n) is 11.6. The molecule has 106 valence electrons. The van der Waals surface area contributed by atoms with Crippen molar-refractivity contribution in [3.8, 4) is 17.3 Å². The molecule has 0 aliphatic heterocycles. The summed E-state index contributed by atoms with van der Waals surface area (Å²) in [5.41, 5.74) is 1.18. The summed E-state index contributed by atoms with van der Waals surface area (Å²) in [7, 11) is 1.71. The Hall–Kier alpha value is -2.83. The van der Waals surface area contributed by atoms with E-state index in [1.165, 1.54) is 6.07 Å². The van der Waals surface area contributed by atoms with Crippen LogP contribution in [0.3, 0.4) is 0 Å². The van der Waals surface area contributed by atoms with Gasteiger partial charge in [0.1, 0.15) is 12.1 Å². The Morgan fingerprint density at radius 3 is 2.71 bits per heavy atom. The van der Waals surface area contributed by atoms with Gasteiger partial charge in [-0.3, -0.25) is 4.57 Å². The molecular weight excluding hydrogens is 271 g/mol. The Morgan fingerprint density at radius 1 is 1.19 bits per heavy atom. The Balaban J connectivity index is 2.13. The van der Waals surface area contributed by atoms with Crippen LogP contribution in [-0.4, -0.2) is 31.6 Å². The van der Waals surface area contributed by atoms with E-state index in [2.05, 4.69) is 25.3 Å². The fraction of sp³-hybridized carbons (Fsp3) is 0.143. The average molecular weight is 284 g/mol. The zero-order valence-corrected chi connectivity index (χ0v) is 11.6. The minimum atomic E-state index is -0.289. The first kappa shape index (κ1) is 13.2. The van der Waals surface area contributed by atoms with Gasteiger partial charge in [-0.25, -0.2) is 9.37 Å². The maximum atomic E-state index is 13.7. The minimum Gasteiger partial charge on any atom is -0.357 e. The van der Waals surface area contributed by atoms with Crippen molar-refractivity contribution in [1.29, 1.82) is 0 Å². The van der Waals surface area contributed by atoms with Crippen LogP contribution in [0.4, 0.5) is 10.3 Å². The van der Waals surface area contributed by atoms with Gasteiger partial charge in [0.15, 0.2) is 5.82 Å². The van der Waals surface area contributed by atoms with Crippen molar-refractivity contribution >= 4 is 5.95 Å². The Kier molecular flexibility index (Phi) is 3.31. The molecule has 0 amide bonds. The lowest BCUT2D eigenvalue weighted by Crippen LogP contribution is -2.07. The predicted octanol–water partition coefficient (Wildman–Crippen LogP) is 2.21. The van der Waals surface area contributed by atoms with Gasteiger partial charge >= 0.3 is 0 Å². The second-order valence-electron chi connectivity index (χ2n) is 4.47. The van der Waals surface area contributed by atoms with Crippen molar-refractivity contribution in [2.45, 2.75) is 6.92 Å². The van der Waals surface area contributed by atoms with Crippen LogP contribution < -0.4 is 5.32 Å². The maximum absolute atomic E-state index is 13.7. The standard InChI is InChI=1S/C14H13FN6/c1-9-3-4-10(7-11(9)15)12-18-13(16-2)20-14(19-12)21-6-5-17-8-21/h3-8H,1-2H3,(H,16,18,19,20). The van der Waals surface area contributed by atoms with Crippen LogP contribution >= 0.6 is 0 Å². The van der Waals surface area contributed by atoms with Crippen LogP contribution in [0, 0.1) is 12.7 Å². The van der Waals surface area contributed by atoms with Crippen LogP contribution in [0.25, 0.3) is 17.3 Å². The summed E-state index contributed by atoms with van der Waals surface area (Å²) in [6, 6.07) is 4.90. The SMILES string of the molecule is CNc1nc(-c2ccc(C)c(F)c2)nc(-n2ccnc2)n1. The number of nitrogens with one attached hydrogen (secondary N) is 1. The summed E-state index contributed by atoms with van der Waals surface area (Å²) in [6.45, 7) is 1.71. The molecule has 3 aromatic rings. The lowest BCUT2D eigenvalue weighted by molar-refractivity contribution is 0.619. The number of aryl methyl sites for hydroxylation is 1. The molecule has 0 aliphatic carbocycles. The molecule has 0 aliphatic rings. The van der Waals surface area contributed by atoms with E-state index in [0.29, 0.717) is 28.8 Å². The zero-order chi connectivity index (χ0) is 14.8. The fourth-order valence-electron chi connectivity index (χ4n) is 1.83. The van der Waals surface area contributed by atoms with E-state index in [4.69, 9.17) is 0 Å². The number of aromatic nitrogens is 5. The van der Waals surface area contributed by atoms with Gasteiger partial charge in [-0.15, -0.1) is 0 Å². The number of hydrogen-bond donors (Lipinski definition) is 1. The molecule has 6 nitrogen and oxygen atoms in total. The highest BCUT2D eigenvalue weighted by atomic mass is 19.1. The van der Waals surface area contributed by atoms with Crippen molar-refractivity contribution in [1.82, 2.24) is 24.5 Å². The third-order valence-corrected chi connectivity index (χ3v) is 3.01. The van der Waals surface area contributed by atoms with Crippen LogP contribution in [0.1, 0.15) is 5.56 Å². The summed E-state index contributed by atoms with van der Waals surface area (Å²) in [5.74, 6) is 0.938. The van der Waals surface area contributed by atoms with Crippen molar-refractivity contribution in [3.05, 3.63) is 48.3 Å². The first-order chi connectivity index (χ1) is 10.2. The first-order valence-electron chi connectivity index (χ1n) is 6.36. The van der Waals surface area contributed by atoms with E-state index in [0.717, 1.165) is 0 Å². The number of anilines is 1. The predicted molar refractivity (Wildman–Crippen MR) is 76.6 cm³/mol. The minimum absolute atomic E-state index is 0.289. The highest BCUT2D eigenvalue weighted by Crippen LogP contribution is 2.20. The molecule has 0 bridgehead atoms. The van der Waals surface area contributed by atoms with Crippen molar-refractivity contribution in [2.24, 2.45) is 0 Å². The van der Waals surface area contributed by atoms with Crippen molar-refractivity contribution in [2.75, 3.05) is 12.4 Å². The van der Waals surface area contributed by atoms with Gasteiger partial charge in [-0.2, -0.15) is 15.0 Å². The molecule has 1 N–H and O–H groups in total. The summed E-state index contributed by atoms with van der Waals surface area (Å²) in [4.78, 5) is 16.8. The molecule has 0 fully saturated rings. The van der Waals surface area contributed by atoms with E-state index >= 15 is 0 Å². The van der Waals surface area contributed by atoms with Gasteiger partial charge < -0.3 is 5.32 Å². The summed E-state index contributed by atoms with van der Waals surface area (Å²) in [6.07, 6.45) is 4.95. The Morgan fingerprint density at radius 2 is 2.05 bits per heavy atom. The second kappa shape index (κ2) is 5.28. The summed E-state index contributed by atoms with van der Waals surface area (Å²) in [5, 5.41) is 2.88. The summed E-state index contributed by atoms with van der Waals surface area (Å²) >= 11 is 0. The number of nitrogens with zero attached hydrogens (tertiary/aromatic N) is 5. The monoisotopic (exact) mass is 284 g/mol. The van der Waals surface area contributed by atoms with Gasteiger partial charge in [0.05, 0.1) is 0 Å². The van der Waals surface area contributed by atoms with Gasteiger partial charge in [0.2, 0.25) is 11.9 Å². The number of hydrogen-bond acceptors (Lipinski definition) is 5. The van der Waals surface area contributed by atoms with Crippen LogP contribution in [0.15, 0.2) is 36.9 Å². The maximum Gasteiger partial charge on any atom is 0.240 e. The van der Waals surface area contributed by atoms with Gasteiger partial charge in [-0.05, 0) is 18.6 Å². The molecule has 1 aromatic carbocycles. The highest BCUT2D eigenvalue weighted by Gasteiger charge is 2.10. The molecule has 3 rings (SSSR count). The average Bonchev–Trinajstić information content (AvgIpc) is 3.04. The highest BCUT2D eigenvalue weighted by molar-refractivity contribution is 5.57. The van der Waals surface area contributed by atoms with Crippen LogP contribution in [-0.2, 0) is 0 Å². The lowest BCUT2D eigenvalue weighted by Gasteiger charge is -2.07. The first-order valence-corrected chi connectivity index (χ1v) is 6.36. The van der Waals surface area contributed by atoms with E-state index < -0.39 is 0 Å². The van der Waals surface area contributed by atoms with E-state index in [1.54, 1.807) is 49.4 Å². The molecule has 21 heavy (non-hydrogen) atoms. The van der Waals surface area contributed by atoms with Gasteiger partial charge in [0, 0.05) is 25.0 Å². The number of imidazole rings is 1. The van der Waals surface area contributed by atoms with E-state index in [-0.39, 0.29) is 5.82 Å². The quantitative estimate of drug-likeness (QED) is 0.798. The molecule has 0 atom stereocenters. The Bertz CT molecular complexity index is 769. The van der Waals surface area contributed by atoms with E-state index in [9.17, 15) is 4.39 Å². The van der Waals surface area contributed by atoms with Gasteiger partial charge in [-0.1, -0.05) is 12.1 Å². The molecule has 2 heterocycles. The number of benzene rings is 1. The third kappa shape index (κ3) is 2.58. The molecule has 0 saturated carbocycles.